The van der Waals surface area contributed by atoms with Gasteiger partial charge in [0.2, 0.25) is 0 Å². The van der Waals surface area contributed by atoms with Crippen LogP contribution in [0.25, 0.3) is 0 Å². The lowest BCUT2D eigenvalue weighted by Gasteiger charge is -2.12. The van der Waals surface area contributed by atoms with Gasteiger partial charge in [-0.15, -0.1) is 0 Å². The van der Waals surface area contributed by atoms with Crippen molar-refractivity contribution >= 4 is 0 Å². The van der Waals surface area contributed by atoms with Crippen LogP contribution in [0.4, 0.5) is 0 Å². The van der Waals surface area contributed by atoms with Crippen LogP contribution in [0, 0.1) is 11.3 Å². The van der Waals surface area contributed by atoms with Crippen molar-refractivity contribution in [3.63, 3.8) is 0 Å². The summed E-state index contributed by atoms with van der Waals surface area (Å²) in [4.78, 5) is 0. The Morgan fingerprint density at radius 3 is 3.00 bits per heavy atom. The second-order valence-corrected chi connectivity index (χ2v) is 3.34. The van der Waals surface area contributed by atoms with Crippen molar-refractivity contribution in [1.82, 2.24) is 5.32 Å². The highest BCUT2D eigenvalue weighted by Crippen LogP contribution is 2.19. The van der Waals surface area contributed by atoms with Crippen LogP contribution in [-0.2, 0) is 0 Å². The molecule has 1 N–H and O–H groups in total. The summed E-state index contributed by atoms with van der Waals surface area (Å²) in [5, 5.41) is 12.1. The fourth-order valence-corrected chi connectivity index (χ4v) is 1.57. The van der Waals surface area contributed by atoms with Gasteiger partial charge in [0.1, 0.15) is 17.9 Å². The molecule has 0 radical (unpaired) electrons. The third-order valence-electron chi connectivity index (χ3n) is 2.32. The van der Waals surface area contributed by atoms with Crippen LogP contribution in [-0.4, -0.2) is 19.2 Å². The van der Waals surface area contributed by atoms with Gasteiger partial charge in [0.25, 0.3) is 0 Å². The van der Waals surface area contributed by atoms with Crippen molar-refractivity contribution in [2.45, 2.75) is 12.5 Å². The number of benzene rings is 1. The predicted molar refractivity (Wildman–Crippen MR) is 53.1 cm³/mol. The molecule has 0 unspecified atom stereocenters. The predicted octanol–water partition coefficient (Wildman–Crippen LogP) is 1.30. The Kier molecular flexibility index (Phi) is 2.66. The maximum atomic E-state index is 8.85. The minimum atomic E-state index is 0.212. The van der Waals surface area contributed by atoms with E-state index in [1.807, 2.05) is 18.2 Å². The van der Waals surface area contributed by atoms with Gasteiger partial charge >= 0.3 is 0 Å². The molecule has 1 aliphatic rings. The van der Waals surface area contributed by atoms with Crippen molar-refractivity contribution in [2.24, 2.45) is 0 Å². The zero-order valence-corrected chi connectivity index (χ0v) is 7.86. The zero-order valence-electron chi connectivity index (χ0n) is 7.86. The van der Waals surface area contributed by atoms with E-state index in [1.54, 1.807) is 6.07 Å². The van der Waals surface area contributed by atoms with Gasteiger partial charge in [-0.05, 0) is 25.1 Å². The molecular weight excluding hydrogens is 176 g/mol. The van der Waals surface area contributed by atoms with Crippen LogP contribution in [0.1, 0.15) is 12.0 Å². The quantitative estimate of drug-likeness (QED) is 0.760. The monoisotopic (exact) mass is 188 g/mol. The van der Waals surface area contributed by atoms with Gasteiger partial charge in [-0.1, -0.05) is 12.1 Å². The van der Waals surface area contributed by atoms with Crippen molar-refractivity contribution in [3.8, 4) is 11.8 Å². The van der Waals surface area contributed by atoms with Crippen molar-refractivity contribution in [3.05, 3.63) is 29.8 Å². The lowest BCUT2D eigenvalue weighted by molar-refractivity contribution is 0.222. The zero-order chi connectivity index (χ0) is 9.80. The normalized spacial score (nSPS) is 20.4. The van der Waals surface area contributed by atoms with Crippen LogP contribution in [0.2, 0.25) is 0 Å². The van der Waals surface area contributed by atoms with E-state index in [1.165, 1.54) is 0 Å². The van der Waals surface area contributed by atoms with Gasteiger partial charge in [0, 0.05) is 6.54 Å². The molecule has 0 aliphatic carbocycles. The SMILES string of the molecule is N#Cc1ccccc1O[C@@H]1CCNC1. The fourth-order valence-electron chi connectivity index (χ4n) is 1.57. The fraction of sp³-hybridized carbons (Fsp3) is 0.364. The molecule has 1 aromatic carbocycles. The molecule has 1 heterocycles. The minimum absolute atomic E-state index is 0.212. The molecular formula is C11H12N2O. The molecule has 1 fully saturated rings. The number of ether oxygens (including phenoxy) is 1. The molecule has 0 saturated carbocycles. The first-order valence-corrected chi connectivity index (χ1v) is 4.76. The third kappa shape index (κ3) is 1.86. The smallest absolute Gasteiger partial charge is 0.137 e. The second kappa shape index (κ2) is 4.12. The Morgan fingerprint density at radius 2 is 2.29 bits per heavy atom. The van der Waals surface area contributed by atoms with Crippen LogP contribution >= 0.6 is 0 Å². The van der Waals surface area contributed by atoms with E-state index in [9.17, 15) is 0 Å². The average Bonchev–Trinajstić information content (AvgIpc) is 2.71. The molecule has 1 atom stereocenters. The topological polar surface area (TPSA) is 45.0 Å². The Bertz CT molecular complexity index is 351. The van der Waals surface area contributed by atoms with E-state index in [0.717, 1.165) is 19.5 Å². The molecule has 2 rings (SSSR count). The third-order valence-corrected chi connectivity index (χ3v) is 2.32. The summed E-state index contributed by atoms with van der Waals surface area (Å²) in [6, 6.07) is 9.48. The maximum absolute atomic E-state index is 8.85. The second-order valence-electron chi connectivity index (χ2n) is 3.34. The largest absolute Gasteiger partial charge is 0.488 e. The van der Waals surface area contributed by atoms with E-state index >= 15 is 0 Å². The summed E-state index contributed by atoms with van der Waals surface area (Å²) in [6.07, 6.45) is 1.23. The van der Waals surface area contributed by atoms with E-state index in [0.29, 0.717) is 11.3 Å². The molecule has 3 nitrogen and oxygen atoms in total. The lowest BCUT2D eigenvalue weighted by atomic mass is 10.2. The van der Waals surface area contributed by atoms with Gasteiger partial charge in [-0.25, -0.2) is 0 Å². The van der Waals surface area contributed by atoms with Crippen molar-refractivity contribution < 1.29 is 4.74 Å². The Hall–Kier alpha value is -1.53. The Balaban J connectivity index is 2.11. The van der Waals surface area contributed by atoms with E-state index < -0.39 is 0 Å². The van der Waals surface area contributed by atoms with Crippen LogP contribution in [0.15, 0.2) is 24.3 Å². The summed E-state index contributed by atoms with van der Waals surface area (Å²) in [6.45, 7) is 1.87. The number of nitrogens with zero attached hydrogens (tertiary/aromatic N) is 1. The number of hydrogen-bond acceptors (Lipinski definition) is 3. The van der Waals surface area contributed by atoms with Crippen molar-refractivity contribution in [1.29, 1.82) is 5.26 Å². The molecule has 3 heteroatoms. The molecule has 1 saturated heterocycles. The highest BCUT2D eigenvalue weighted by Gasteiger charge is 2.16. The number of para-hydroxylation sites is 1. The van der Waals surface area contributed by atoms with E-state index in [4.69, 9.17) is 10.00 Å². The molecule has 1 aromatic rings. The van der Waals surface area contributed by atoms with Gasteiger partial charge in [0.05, 0.1) is 5.56 Å². The van der Waals surface area contributed by atoms with Gasteiger partial charge in [-0.2, -0.15) is 5.26 Å². The van der Waals surface area contributed by atoms with Crippen LogP contribution in [0.3, 0.4) is 0 Å². The standard InChI is InChI=1S/C11H12N2O/c12-7-9-3-1-2-4-11(9)14-10-5-6-13-8-10/h1-4,10,13H,5-6,8H2/t10-/m1/s1. The molecule has 0 bridgehead atoms. The first-order chi connectivity index (χ1) is 6.90. The van der Waals surface area contributed by atoms with Gasteiger partial charge < -0.3 is 10.1 Å². The number of nitriles is 1. The number of nitrogens with one attached hydrogen (secondary N) is 1. The average molecular weight is 188 g/mol. The minimum Gasteiger partial charge on any atom is -0.488 e. The van der Waals surface area contributed by atoms with Gasteiger partial charge in [0.15, 0.2) is 0 Å². The molecule has 72 valence electrons. The summed E-state index contributed by atoms with van der Waals surface area (Å²) in [7, 11) is 0. The van der Waals surface area contributed by atoms with Crippen LogP contribution in [0.5, 0.6) is 5.75 Å². The molecule has 0 aromatic heterocycles. The molecule has 0 amide bonds. The first-order valence-electron chi connectivity index (χ1n) is 4.76. The summed E-state index contributed by atoms with van der Waals surface area (Å²) >= 11 is 0. The summed E-state index contributed by atoms with van der Waals surface area (Å²) in [5.74, 6) is 0.698. The molecule has 0 spiro atoms. The van der Waals surface area contributed by atoms with E-state index in [-0.39, 0.29) is 6.10 Å². The highest BCUT2D eigenvalue weighted by molar-refractivity contribution is 5.42. The van der Waals surface area contributed by atoms with Gasteiger partial charge in [-0.3, -0.25) is 0 Å². The highest BCUT2D eigenvalue weighted by atomic mass is 16.5. The Labute approximate surface area is 83.3 Å². The van der Waals surface area contributed by atoms with Crippen LogP contribution < -0.4 is 10.1 Å². The number of rotatable bonds is 2. The molecule has 1 aliphatic heterocycles. The summed E-state index contributed by atoms with van der Waals surface area (Å²) < 4.78 is 5.71. The first kappa shape index (κ1) is 9.04. The molecule has 14 heavy (non-hydrogen) atoms. The van der Waals surface area contributed by atoms with E-state index in [2.05, 4.69) is 11.4 Å². The summed E-state index contributed by atoms with van der Waals surface area (Å²) in [5.41, 5.74) is 0.611. The Morgan fingerprint density at radius 1 is 1.43 bits per heavy atom. The van der Waals surface area contributed by atoms with Crippen molar-refractivity contribution in [2.75, 3.05) is 13.1 Å². The maximum Gasteiger partial charge on any atom is 0.137 e. The lowest BCUT2D eigenvalue weighted by Crippen LogP contribution is -2.19. The number of hydrogen-bond donors (Lipinski definition) is 1.